The quantitative estimate of drug-likeness (QED) is 0.214. The van der Waals surface area contributed by atoms with Crippen LogP contribution in [-0.4, -0.2) is 26.8 Å². The molecule has 2 aromatic heterocycles. The van der Waals surface area contributed by atoms with Crippen molar-refractivity contribution in [3.63, 3.8) is 0 Å². The number of amides is 2. The summed E-state index contributed by atoms with van der Waals surface area (Å²) in [6.45, 7) is 3.42. The van der Waals surface area contributed by atoms with Gasteiger partial charge in [-0.05, 0) is 66.7 Å². The van der Waals surface area contributed by atoms with Gasteiger partial charge in [0.15, 0.2) is 0 Å². The van der Waals surface area contributed by atoms with Gasteiger partial charge in [0.2, 0.25) is 11.9 Å². The van der Waals surface area contributed by atoms with Gasteiger partial charge in [-0.15, -0.1) is 11.3 Å². The van der Waals surface area contributed by atoms with Gasteiger partial charge >= 0.3 is 0 Å². The van der Waals surface area contributed by atoms with E-state index in [1.54, 1.807) is 60.8 Å². The number of nitrogens with one attached hydrogen (secondary N) is 3. The Bertz CT molecular complexity index is 1690. The van der Waals surface area contributed by atoms with Crippen LogP contribution in [0.25, 0.3) is 10.2 Å². The minimum absolute atomic E-state index is 0.321. The van der Waals surface area contributed by atoms with Gasteiger partial charge in [0.1, 0.15) is 10.9 Å². The van der Waals surface area contributed by atoms with E-state index in [1.165, 1.54) is 11.3 Å². The fraction of sp³-hybridized carbons (Fsp3) is 0.0345. The first-order valence-electron chi connectivity index (χ1n) is 11.8. The standard InChI is InChI=1S/C29H21N7O2S/c1-2-26(37)32-21-7-5-6-18(16-21)27(38)33-19-10-12-20(13-11-19)34-29-31-15-14-23(36-29)22(17-30)28-35-24-8-3-4-9-25(24)39-28/h2-16,22H,1H2,(H,32,37)(H,33,38)(H,31,34,36). The van der Waals surface area contributed by atoms with Crippen LogP contribution in [0.3, 0.4) is 0 Å². The lowest BCUT2D eigenvalue weighted by atomic mass is 10.1. The van der Waals surface area contributed by atoms with E-state index < -0.39 is 5.92 Å². The van der Waals surface area contributed by atoms with Crippen LogP contribution in [0.1, 0.15) is 27.0 Å². The highest BCUT2D eigenvalue weighted by Gasteiger charge is 2.20. The van der Waals surface area contributed by atoms with Gasteiger partial charge < -0.3 is 16.0 Å². The van der Waals surface area contributed by atoms with Crippen molar-refractivity contribution in [2.45, 2.75) is 5.92 Å². The average molecular weight is 532 g/mol. The highest BCUT2D eigenvalue weighted by Crippen LogP contribution is 2.31. The number of nitrogens with zero attached hydrogens (tertiary/aromatic N) is 4. The maximum atomic E-state index is 12.7. The van der Waals surface area contributed by atoms with Gasteiger partial charge in [-0.3, -0.25) is 9.59 Å². The topological polar surface area (TPSA) is 133 Å². The molecule has 0 radical (unpaired) electrons. The maximum absolute atomic E-state index is 12.7. The number of aromatic nitrogens is 3. The molecule has 0 bridgehead atoms. The van der Waals surface area contributed by atoms with E-state index in [-0.39, 0.29) is 11.8 Å². The first-order chi connectivity index (χ1) is 19.0. The van der Waals surface area contributed by atoms with Crippen molar-refractivity contribution in [2.75, 3.05) is 16.0 Å². The van der Waals surface area contributed by atoms with Crippen LogP contribution in [0.15, 0.2) is 97.7 Å². The molecule has 9 nitrogen and oxygen atoms in total. The summed E-state index contributed by atoms with van der Waals surface area (Å²) in [7, 11) is 0. The van der Waals surface area contributed by atoms with Gasteiger partial charge in [0.05, 0.1) is 22.0 Å². The molecule has 190 valence electrons. The molecule has 5 aromatic rings. The first kappa shape index (κ1) is 25.3. The van der Waals surface area contributed by atoms with Gasteiger partial charge in [-0.2, -0.15) is 5.26 Å². The van der Waals surface area contributed by atoms with Crippen LogP contribution in [0.5, 0.6) is 0 Å². The average Bonchev–Trinajstić information content (AvgIpc) is 3.38. The van der Waals surface area contributed by atoms with Crippen LogP contribution >= 0.6 is 11.3 Å². The van der Waals surface area contributed by atoms with E-state index in [0.29, 0.717) is 39.3 Å². The maximum Gasteiger partial charge on any atom is 0.255 e. The Hall–Kier alpha value is -5.40. The Labute approximate surface area is 227 Å². The van der Waals surface area contributed by atoms with Crippen molar-refractivity contribution in [3.05, 3.63) is 114 Å². The lowest BCUT2D eigenvalue weighted by Gasteiger charge is -2.10. The Morgan fingerprint density at radius 3 is 2.49 bits per heavy atom. The number of carbonyl (C=O) groups excluding carboxylic acids is 2. The third-order valence-corrected chi connectivity index (χ3v) is 6.74. The normalized spacial score (nSPS) is 11.3. The molecule has 0 fully saturated rings. The summed E-state index contributed by atoms with van der Waals surface area (Å²) in [5.41, 5.74) is 3.57. The molecule has 39 heavy (non-hydrogen) atoms. The minimum atomic E-state index is -0.618. The molecule has 5 rings (SSSR count). The van der Waals surface area contributed by atoms with Crippen molar-refractivity contribution in [2.24, 2.45) is 0 Å². The lowest BCUT2D eigenvalue weighted by Crippen LogP contribution is -2.13. The Balaban J connectivity index is 1.26. The summed E-state index contributed by atoms with van der Waals surface area (Å²) >= 11 is 1.47. The SMILES string of the molecule is C=CC(=O)Nc1cccc(C(=O)Nc2ccc(Nc3nccc(C(C#N)c4nc5ccccc5s4)n3)cc2)c1. The minimum Gasteiger partial charge on any atom is -0.324 e. The third kappa shape index (κ3) is 5.95. The Kier molecular flexibility index (Phi) is 7.34. The number of thiazole rings is 1. The van der Waals surface area contributed by atoms with E-state index in [2.05, 4.69) is 43.6 Å². The first-order valence-corrected chi connectivity index (χ1v) is 12.6. The third-order valence-electron chi connectivity index (χ3n) is 5.64. The van der Waals surface area contributed by atoms with Crippen LogP contribution in [0.2, 0.25) is 0 Å². The van der Waals surface area contributed by atoms with Gasteiger partial charge in [-0.1, -0.05) is 24.8 Å². The fourth-order valence-corrected chi connectivity index (χ4v) is 4.78. The van der Waals surface area contributed by atoms with E-state index in [4.69, 9.17) is 0 Å². The van der Waals surface area contributed by atoms with Crippen molar-refractivity contribution in [3.8, 4) is 6.07 Å². The summed E-state index contributed by atoms with van der Waals surface area (Å²) in [5, 5.41) is 19.1. The second kappa shape index (κ2) is 11.3. The van der Waals surface area contributed by atoms with Gasteiger partial charge in [-0.25, -0.2) is 15.0 Å². The second-order valence-corrected chi connectivity index (χ2v) is 9.38. The highest BCUT2D eigenvalue weighted by molar-refractivity contribution is 7.18. The number of nitriles is 1. The molecular weight excluding hydrogens is 510 g/mol. The predicted molar refractivity (Wildman–Crippen MR) is 152 cm³/mol. The Morgan fingerprint density at radius 1 is 0.923 bits per heavy atom. The van der Waals surface area contributed by atoms with E-state index >= 15 is 0 Å². The number of carbonyl (C=O) groups is 2. The van der Waals surface area contributed by atoms with Crippen molar-refractivity contribution >= 4 is 56.4 Å². The summed E-state index contributed by atoms with van der Waals surface area (Å²) in [4.78, 5) is 37.6. The molecule has 0 aliphatic rings. The number of hydrogen-bond acceptors (Lipinski definition) is 8. The summed E-state index contributed by atoms with van der Waals surface area (Å²) in [6, 6.07) is 25.4. The zero-order valence-corrected chi connectivity index (χ0v) is 21.3. The molecule has 1 atom stereocenters. The van der Waals surface area contributed by atoms with Crippen LogP contribution in [0.4, 0.5) is 23.0 Å². The summed E-state index contributed by atoms with van der Waals surface area (Å²) in [6.07, 6.45) is 2.76. The molecule has 1 unspecified atom stereocenters. The van der Waals surface area contributed by atoms with Crippen LogP contribution < -0.4 is 16.0 Å². The molecule has 0 saturated carbocycles. The molecule has 2 amide bonds. The molecule has 0 aliphatic carbocycles. The van der Waals surface area contributed by atoms with Crippen LogP contribution in [0, 0.1) is 11.3 Å². The van der Waals surface area contributed by atoms with Crippen molar-refractivity contribution < 1.29 is 9.59 Å². The summed E-state index contributed by atoms with van der Waals surface area (Å²) < 4.78 is 1.01. The zero-order chi connectivity index (χ0) is 27.2. The second-order valence-electron chi connectivity index (χ2n) is 8.32. The number of para-hydroxylation sites is 1. The number of fused-ring (bicyclic) bond motifs is 1. The van der Waals surface area contributed by atoms with Gasteiger partial charge in [0, 0.05) is 28.8 Å². The molecule has 0 saturated heterocycles. The largest absolute Gasteiger partial charge is 0.324 e. The zero-order valence-electron chi connectivity index (χ0n) is 20.5. The van der Waals surface area contributed by atoms with Gasteiger partial charge in [0.25, 0.3) is 5.91 Å². The Morgan fingerprint density at radius 2 is 1.72 bits per heavy atom. The van der Waals surface area contributed by atoms with E-state index in [0.717, 1.165) is 16.3 Å². The van der Waals surface area contributed by atoms with Crippen LogP contribution in [-0.2, 0) is 4.79 Å². The van der Waals surface area contributed by atoms with E-state index in [1.807, 2.05) is 24.3 Å². The molecule has 2 heterocycles. The molecule has 3 aromatic carbocycles. The number of rotatable bonds is 8. The molecule has 10 heteroatoms. The summed E-state index contributed by atoms with van der Waals surface area (Å²) in [5.74, 6) is -0.958. The molecule has 0 spiro atoms. The number of anilines is 4. The van der Waals surface area contributed by atoms with Crippen molar-refractivity contribution in [1.82, 2.24) is 15.0 Å². The molecular formula is C29H21N7O2S. The smallest absolute Gasteiger partial charge is 0.255 e. The monoisotopic (exact) mass is 531 g/mol. The molecule has 0 aliphatic heterocycles. The highest BCUT2D eigenvalue weighted by atomic mass is 32.1. The lowest BCUT2D eigenvalue weighted by molar-refractivity contribution is -0.111. The van der Waals surface area contributed by atoms with Crippen molar-refractivity contribution in [1.29, 1.82) is 5.26 Å². The molecule has 3 N–H and O–H groups in total. The predicted octanol–water partition coefficient (Wildman–Crippen LogP) is 5.86. The van der Waals surface area contributed by atoms with E-state index in [9.17, 15) is 14.9 Å². The number of hydrogen-bond donors (Lipinski definition) is 3. The number of benzene rings is 3. The fourth-order valence-electron chi connectivity index (χ4n) is 3.76.